The first-order valence-corrected chi connectivity index (χ1v) is 2.71. The molecule has 0 aromatic rings. The van der Waals surface area contributed by atoms with Crippen molar-refractivity contribution in [1.29, 1.82) is 0 Å². The van der Waals surface area contributed by atoms with Crippen LogP contribution in [0.5, 0.6) is 0 Å². The van der Waals surface area contributed by atoms with Gasteiger partial charge in [0.1, 0.15) is 0 Å². The molecular formula is C5H8N2. The van der Waals surface area contributed by atoms with E-state index >= 15 is 0 Å². The van der Waals surface area contributed by atoms with E-state index < -0.39 is 0 Å². The molecule has 0 saturated heterocycles. The highest BCUT2D eigenvalue weighted by molar-refractivity contribution is 5.57. The van der Waals surface area contributed by atoms with Crippen molar-refractivity contribution in [1.82, 2.24) is 5.32 Å². The van der Waals surface area contributed by atoms with Crippen LogP contribution < -0.4 is 5.32 Å². The van der Waals surface area contributed by atoms with Crippen molar-refractivity contribution >= 4 is 6.34 Å². The third kappa shape index (κ3) is 0.424. The molecule has 1 fully saturated rings. The number of nitrogens with one attached hydrogen (secondary N) is 1. The molecule has 1 aliphatic carbocycles. The van der Waals surface area contributed by atoms with Gasteiger partial charge in [-0.2, -0.15) is 0 Å². The Bertz CT molecular complexity index is 96.6. The standard InChI is InChI=1S/C5H8N2/c1-4-2-6-3-7-5(1)4/h3-5H,1-2H2,(H,6,7). The Morgan fingerprint density at radius 1 is 1.71 bits per heavy atom. The number of nitrogens with zero attached hydrogens (tertiary/aromatic N) is 1. The maximum atomic E-state index is 4.06. The summed E-state index contributed by atoms with van der Waals surface area (Å²) in [6, 6.07) is 0.803. The molecule has 0 aromatic carbocycles. The second-order valence-corrected chi connectivity index (χ2v) is 2.26. The van der Waals surface area contributed by atoms with E-state index in [0.29, 0.717) is 0 Å². The molecule has 1 heterocycles. The molecule has 38 valence electrons. The molecule has 2 heteroatoms. The first-order chi connectivity index (χ1) is 3.47. The fraction of sp³-hybridized carbons (Fsp3) is 0.800. The number of fused-ring (bicyclic) bond motifs is 1. The summed E-state index contributed by atoms with van der Waals surface area (Å²) >= 11 is 0. The lowest BCUT2D eigenvalue weighted by Gasteiger charge is -2.00. The Morgan fingerprint density at radius 3 is 3.29 bits per heavy atom. The van der Waals surface area contributed by atoms with Gasteiger partial charge in [-0.25, -0.2) is 0 Å². The van der Waals surface area contributed by atoms with Crippen LogP contribution in [0.15, 0.2) is 4.99 Å². The Labute approximate surface area is 42.6 Å². The van der Waals surface area contributed by atoms with E-state index in [9.17, 15) is 0 Å². The average molecular weight is 96.1 g/mol. The third-order valence-corrected chi connectivity index (χ3v) is 1.64. The first kappa shape index (κ1) is 3.47. The topological polar surface area (TPSA) is 24.4 Å². The van der Waals surface area contributed by atoms with Gasteiger partial charge in [-0.05, 0) is 6.42 Å². The van der Waals surface area contributed by atoms with Crippen LogP contribution in [-0.4, -0.2) is 18.9 Å². The highest BCUT2D eigenvalue weighted by Gasteiger charge is 2.37. The van der Waals surface area contributed by atoms with Gasteiger partial charge in [0, 0.05) is 18.5 Å². The molecule has 1 aliphatic heterocycles. The van der Waals surface area contributed by atoms with E-state index in [0.717, 1.165) is 18.5 Å². The minimum Gasteiger partial charge on any atom is -0.373 e. The lowest BCUT2D eigenvalue weighted by molar-refractivity contribution is 0.729. The Balaban J connectivity index is 2.10. The van der Waals surface area contributed by atoms with Gasteiger partial charge in [-0.15, -0.1) is 0 Å². The second-order valence-electron chi connectivity index (χ2n) is 2.26. The van der Waals surface area contributed by atoms with Gasteiger partial charge in [0.25, 0.3) is 0 Å². The summed E-state index contributed by atoms with van der Waals surface area (Å²) in [5.41, 5.74) is 0. The summed E-state index contributed by atoms with van der Waals surface area (Å²) in [7, 11) is 0. The highest BCUT2D eigenvalue weighted by Crippen LogP contribution is 2.31. The SMILES string of the molecule is C1=NCC2CC2N1. The van der Waals surface area contributed by atoms with Gasteiger partial charge < -0.3 is 5.32 Å². The molecule has 1 saturated carbocycles. The van der Waals surface area contributed by atoms with Crippen molar-refractivity contribution in [2.45, 2.75) is 12.5 Å². The van der Waals surface area contributed by atoms with E-state index in [1.807, 2.05) is 6.34 Å². The molecule has 0 amide bonds. The summed E-state index contributed by atoms with van der Waals surface area (Å²) in [4.78, 5) is 4.06. The molecule has 0 bridgehead atoms. The van der Waals surface area contributed by atoms with Crippen LogP contribution in [0.2, 0.25) is 0 Å². The van der Waals surface area contributed by atoms with E-state index in [1.165, 1.54) is 6.42 Å². The maximum Gasteiger partial charge on any atom is 0.0826 e. The number of aliphatic imine (C=N–C) groups is 1. The molecular weight excluding hydrogens is 88.1 g/mol. The lowest BCUT2D eigenvalue weighted by Crippen LogP contribution is -2.20. The zero-order valence-electron chi connectivity index (χ0n) is 4.09. The minimum atomic E-state index is 0.803. The number of hydrogen-bond donors (Lipinski definition) is 1. The largest absolute Gasteiger partial charge is 0.373 e. The predicted molar refractivity (Wildman–Crippen MR) is 28.4 cm³/mol. The molecule has 1 N–H and O–H groups in total. The maximum absolute atomic E-state index is 4.06. The van der Waals surface area contributed by atoms with E-state index in [1.54, 1.807) is 0 Å². The van der Waals surface area contributed by atoms with Gasteiger partial charge in [-0.1, -0.05) is 0 Å². The second kappa shape index (κ2) is 0.997. The van der Waals surface area contributed by atoms with Crippen LogP contribution in [-0.2, 0) is 0 Å². The monoisotopic (exact) mass is 96.1 g/mol. The van der Waals surface area contributed by atoms with E-state index in [4.69, 9.17) is 0 Å². The molecule has 2 nitrogen and oxygen atoms in total. The molecule has 2 aliphatic rings. The zero-order valence-corrected chi connectivity index (χ0v) is 4.09. The lowest BCUT2D eigenvalue weighted by atomic mass is 10.4. The Hall–Kier alpha value is -0.530. The van der Waals surface area contributed by atoms with Crippen molar-refractivity contribution < 1.29 is 0 Å². The molecule has 2 rings (SSSR count). The van der Waals surface area contributed by atoms with Crippen molar-refractivity contribution in [3.63, 3.8) is 0 Å². The summed E-state index contributed by atoms with van der Waals surface area (Å²) in [5, 5.41) is 3.16. The molecule has 0 radical (unpaired) electrons. The minimum absolute atomic E-state index is 0.803. The molecule has 7 heavy (non-hydrogen) atoms. The summed E-state index contributed by atoms with van der Waals surface area (Å²) in [6.45, 7) is 1.07. The predicted octanol–water partition coefficient (Wildman–Crippen LogP) is 0.00640. The molecule has 0 aromatic heterocycles. The van der Waals surface area contributed by atoms with Crippen molar-refractivity contribution in [2.75, 3.05) is 6.54 Å². The molecule has 2 unspecified atom stereocenters. The van der Waals surface area contributed by atoms with Crippen molar-refractivity contribution in [3.05, 3.63) is 0 Å². The van der Waals surface area contributed by atoms with Crippen LogP contribution >= 0.6 is 0 Å². The zero-order chi connectivity index (χ0) is 4.69. The van der Waals surface area contributed by atoms with Gasteiger partial charge in [-0.3, -0.25) is 4.99 Å². The van der Waals surface area contributed by atoms with Gasteiger partial charge >= 0.3 is 0 Å². The molecule has 2 atom stereocenters. The van der Waals surface area contributed by atoms with Crippen LogP contribution in [0.3, 0.4) is 0 Å². The van der Waals surface area contributed by atoms with Crippen LogP contribution in [0.1, 0.15) is 6.42 Å². The van der Waals surface area contributed by atoms with Crippen LogP contribution in [0.25, 0.3) is 0 Å². The summed E-state index contributed by atoms with van der Waals surface area (Å²) in [5.74, 6) is 0.894. The highest BCUT2D eigenvalue weighted by atomic mass is 15.1. The van der Waals surface area contributed by atoms with Crippen LogP contribution in [0, 0.1) is 5.92 Å². The smallest absolute Gasteiger partial charge is 0.0826 e. The Kier molecular flexibility index (Phi) is 0.494. The van der Waals surface area contributed by atoms with E-state index in [-0.39, 0.29) is 0 Å². The Morgan fingerprint density at radius 2 is 2.71 bits per heavy atom. The first-order valence-electron chi connectivity index (χ1n) is 2.71. The van der Waals surface area contributed by atoms with Gasteiger partial charge in [0.2, 0.25) is 0 Å². The fourth-order valence-electron chi connectivity index (χ4n) is 0.990. The summed E-state index contributed by atoms with van der Waals surface area (Å²) in [6.07, 6.45) is 3.17. The average Bonchev–Trinajstić information content (AvgIpc) is 2.41. The fourth-order valence-corrected chi connectivity index (χ4v) is 0.990. The summed E-state index contributed by atoms with van der Waals surface area (Å²) < 4.78 is 0. The van der Waals surface area contributed by atoms with E-state index in [2.05, 4.69) is 10.3 Å². The number of hydrogen-bond acceptors (Lipinski definition) is 2. The van der Waals surface area contributed by atoms with Crippen LogP contribution in [0.4, 0.5) is 0 Å². The quantitative estimate of drug-likeness (QED) is 0.451. The normalized spacial score (nSPS) is 44.6. The van der Waals surface area contributed by atoms with Gasteiger partial charge in [0.15, 0.2) is 0 Å². The number of rotatable bonds is 0. The van der Waals surface area contributed by atoms with Crippen molar-refractivity contribution in [3.8, 4) is 0 Å². The molecule has 0 spiro atoms. The van der Waals surface area contributed by atoms with Crippen molar-refractivity contribution in [2.24, 2.45) is 10.9 Å². The third-order valence-electron chi connectivity index (χ3n) is 1.64. The van der Waals surface area contributed by atoms with Gasteiger partial charge in [0.05, 0.1) is 6.34 Å².